The van der Waals surface area contributed by atoms with E-state index in [9.17, 15) is 23.1 Å². The molecule has 0 aliphatic rings. The summed E-state index contributed by atoms with van der Waals surface area (Å²) >= 11 is 0. The fourth-order valence-electron chi connectivity index (χ4n) is 1.81. The molecule has 3 N–H and O–H groups in total. The molecule has 0 fully saturated rings. The third-order valence-electron chi connectivity index (χ3n) is 3.21. The second-order valence-corrected chi connectivity index (χ2v) is 5.30. The molecular weight excluding hydrogens is 313 g/mol. The number of aliphatic hydroxyl groups is 1. The summed E-state index contributed by atoms with van der Waals surface area (Å²) in [4.78, 5) is 11.6. The molecule has 23 heavy (non-hydrogen) atoms. The summed E-state index contributed by atoms with van der Waals surface area (Å²) in [7, 11) is 0. The molecule has 5 nitrogen and oxygen atoms in total. The van der Waals surface area contributed by atoms with Crippen molar-refractivity contribution in [3.8, 4) is 5.75 Å². The van der Waals surface area contributed by atoms with Crippen LogP contribution in [-0.4, -0.2) is 30.4 Å². The molecule has 0 bridgehead atoms. The topological polar surface area (TPSA) is 70.6 Å². The van der Waals surface area contributed by atoms with E-state index in [-0.39, 0.29) is 30.3 Å². The van der Waals surface area contributed by atoms with Crippen LogP contribution in [-0.2, 0) is 6.54 Å². The fourth-order valence-corrected chi connectivity index (χ4v) is 1.81. The zero-order valence-corrected chi connectivity index (χ0v) is 13.0. The summed E-state index contributed by atoms with van der Waals surface area (Å²) in [6, 6.07) is 2.94. The van der Waals surface area contributed by atoms with Gasteiger partial charge in [-0.1, -0.05) is 19.9 Å². The summed E-state index contributed by atoms with van der Waals surface area (Å²) < 4.78 is 42.4. The Kier molecular flexibility index (Phi) is 7.67. The van der Waals surface area contributed by atoms with Crippen molar-refractivity contribution in [2.24, 2.45) is 5.92 Å². The van der Waals surface area contributed by atoms with Crippen molar-refractivity contribution in [2.45, 2.75) is 39.5 Å². The number of carbonyl (C=O) groups excluding carboxylic acids is 1. The highest BCUT2D eigenvalue weighted by Gasteiger charge is 2.15. The third kappa shape index (κ3) is 6.77. The standard InChI is InChI=1S/C15H21F3N2O3/c1-9(2)12(21)6-7-19-15(22)20-8-10-11(16)4-3-5-13(10)23-14(17)18/h3-5,9,12,14,21H,6-8H2,1-2H3,(H2,19,20,22). The van der Waals surface area contributed by atoms with Gasteiger partial charge in [-0.2, -0.15) is 8.78 Å². The number of benzene rings is 1. The predicted octanol–water partition coefficient (Wildman–Crippen LogP) is 2.63. The van der Waals surface area contributed by atoms with E-state index in [1.807, 2.05) is 13.8 Å². The van der Waals surface area contributed by atoms with Crippen LogP contribution in [0.25, 0.3) is 0 Å². The van der Waals surface area contributed by atoms with Crippen molar-refractivity contribution >= 4 is 6.03 Å². The molecule has 130 valence electrons. The van der Waals surface area contributed by atoms with Crippen LogP contribution in [0.3, 0.4) is 0 Å². The maximum absolute atomic E-state index is 13.7. The monoisotopic (exact) mass is 334 g/mol. The van der Waals surface area contributed by atoms with Crippen LogP contribution in [0, 0.1) is 11.7 Å². The van der Waals surface area contributed by atoms with E-state index in [1.165, 1.54) is 12.1 Å². The van der Waals surface area contributed by atoms with E-state index >= 15 is 0 Å². The molecule has 0 aliphatic carbocycles. The molecule has 0 aliphatic heterocycles. The van der Waals surface area contributed by atoms with Crippen LogP contribution in [0.4, 0.5) is 18.0 Å². The number of ether oxygens (including phenoxy) is 1. The smallest absolute Gasteiger partial charge is 0.387 e. The molecule has 0 saturated heterocycles. The van der Waals surface area contributed by atoms with Crippen LogP contribution in [0.15, 0.2) is 18.2 Å². The van der Waals surface area contributed by atoms with Gasteiger partial charge in [0.25, 0.3) is 0 Å². The van der Waals surface area contributed by atoms with Gasteiger partial charge in [0.05, 0.1) is 12.6 Å². The quantitative estimate of drug-likeness (QED) is 0.684. The number of hydrogen-bond donors (Lipinski definition) is 3. The molecular formula is C15H21F3N2O3. The molecule has 1 aromatic carbocycles. The van der Waals surface area contributed by atoms with E-state index in [0.29, 0.717) is 6.42 Å². The van der Waals surface area contributed by atoms with Gasteiger partial charge in [0.15, 0.2) is 0 Å². The van der Waals surface area contributed by atoms with Crippen LogP contribution in [0.1, 0.15) is 25.8 Å². The zero-order valence-electron chi connectivity index (χ0n) is 13.0. The Balaban J connectivity index is 2.50. The van der Waals surface area contributed by atoms with E-state index in [0.717, 1.165) is 6.07 Å². The highest BCUT2D eigenvalue weighted by molar-refractivity contribution is 5.73. The second-order valence-electron chi connectivity index (χ2n) is 5.30. The van der Waals surface area contributed by atoms with Gasteiger partial charge >= 0.3 is 12.6 Å². The Bertz CT molecular complexity index is 513. The third-order valence-corrected chi connectivity index (χ3v) is 3.21. The molecule has 0 radical (unpaired) electrons. The summed E-state index contributed by atoms with van der Waals surface area (Å²) in [5, 5.41) is 14.5. The number of carbonyl (C=O) groups is 1. The first-order valence-electron chi connectivity index (χ1n) is 7.23. The summed E-state index contributed by atoms with van der Waals surface area (Å²) in [5.41, 5.74) is -0.162. The Morgan fingerprint density at radius 1 is 1.30 bits per heavy atom. The predicted molar refractivity (Wildman–Crippen MR) is 78.7 cm³/mol. The molecule has 0 heterocycles. The lowest BCUT2D eigenvalue weighted by Crippen LogP contribution is -2.37. The summed E-state index contributed by atoms with van der Waals surface area (Å²) in [6.45, 7) is 0.568. The normalized spacial score (nSPS) is 12.3. The first-order chi connectivity index (χ1) is 10.8. The lowest BCUT2D eigenvalue weighted by atomic mass is 10.0. The zero-order chi connectivity index (χ0) is 17.4. The number of rotatable bonds is 8. The van der Waals surface area contributed by atoms with E-state index < -0.39 is 24.6 Å². The average Bonchev–Trinajstić information content (AvgIpc) is 2.45. The number of hydrogen-bond acceptors (Lipinski definition) is 3. The number of halogens is 3. The van der Waals surface area contributed by atoms with Gasteiger partial charge in [0.1, 0.15) is 11.6 Å². The van der Waals surface area contributed by atoms with E-state index in [1.54, 1.807) is 0 Å². The Morgan fingerprint density at radius 3 is 2.61 bits per heavy atom. The van der Waals surface area contributed by atoms with Gasteiger partial charge in [-0.25, -0.2) is 9.18 Å². The van der Waals surface area contributed by atoms with Crippen molar-refractivity contribution in [3.05, 3.63) is 29.6 Å². The van der Waals surface area contributed by atoms with Gasteiger partial charge in [-0.3, -0.25) is 0 Å². The minimum absolute atomic E-state index is 0.0762. The highest BCUT2D eigenvalue weighted by Crippen LogP contribution is 2.23. The molecule has 0 spiro atoms. The second kappa shape index (κ2) is 9.24. The van der Waals surface area contributed by atoms with Gasteiger partial charge in [0.2, 0.25) is 0 Å². The van der Waals surface area contributed by atoms with Crippen molar-refractivity contribution in [1.29, 1.82) is 0 Å². The minimum atomic E-state index is -3.08. The molecule has 8 heteroatoms. The van der Waals surface area contributed by atoms with Crippen molar-refractivity contribution in [1.82, 2.24) is 10.6 Å². The Hall–Kier alpha value is -1.96. The lowest BCUT2D eigenvalue weighted by Gasteiger charge is -2.15. The number of alkyl halides is 2. The maximum atomic E-state index is 13.7. The molecule has 1 unspecified atom stereocenters. The largest absolute Gasteiger partial charge is 0.434 e. The molecule has 1 atom stereocenters. The Morgan fingerprint density at radius 2 is 2.00 bits per heavy atom. The van der Waals surface area contributed by atoms with Crippen molar-refractivity contribution in [2.75, 3.05) is 6.54 Å². The summed E-state index contributed by atoms with van der Waals surface area (Å²) in [5.74, 6) is -0.999. The van der Waals surface area contributed by atoms with Crippen LogP contribution >= 0.6 is 0 Å². The van der Waals surface area contributed by atoms with E-state index in [2.05, 4.69) is 15.4 Å². The lowest BCUT2D eigenvalue weighted by molar-refractivity contribution is -0.0506. The number of urea groups is 1. The van der Waals surface area contributed by atoms with Crippen molar-refractivity contribution in [3.63, 3.8) is 0 Å². The van der Waals surface area contributed by atoms with Gasteiger partial charge < -0.3 is 20.5 Å². The minimum Gasteiger partial charge on any atom is -0.434 e. The molecule has 1 aromatic rings. The van der Waals surface area contributed by atoms with Crippen LogP contribution < -0.4 is 15.4 Å². The van der Waals surface area contributed by atoms with Crippen molar-refractivity contribution < 1.29 is 27.8 Å². The first-order valence-corrected chi connectivity index (χ1v) is 7.23. The molecule has 0 aromatic heterocycles. The molecule has 2 amide bonds. The molecule has 1 rings (SSSR count). The van der Waals surface area contributed by atoms with Crippen LogP contribution in [0.5, 0.6) is 5.75 Å². The van der Waals surface area contributed by atoms with Gasteiger partial charge in [-0.15, -0.1) is 0 Å². The summed E-state index contributed by atoms with van der Waals surface area (Å²) in [6.07, 6.45) is -0.155. The number of nitrogens with one attached hydrogen (secondary N) is 2. The van der Waals surface area contributed by atoms with Gasteiger partial charge in [-0.05, 0) is 24.5 Å². The van der Waals surface area contributed by atoms with E-state index in [4.69, 9.17) is 0 Å². The maximum Gasteiger partial charge on any atom is 0.387 e. The van der Waals surface area contributed by atoms with Gasteiger partial charge in [0, 0.05) is 12.1 Å². The average molecular weight is 334 g/mol. The number of amides is 2. The number of aliphatic hydroxyl groups excluding tert-OH is 1. The SMILES string of the molecule is CC(C)C(O)CCNC(=O)NCc1c(F)cccc1OC(F)F. The first kappa shape index (κ1) is 19.1. The highest BCUT2D eigenvalue weighted by atomic mass is 19.3. The fraction of sp³-hybridized carbons (Fsp3) is 0.533. The van der Waals surface area contributed by atoms with Crippen LogP contribution in [0.2, 0.25) is 0 Å². The molecule has 0 saturated carbocycles. The Labute approximate surface area is 132 Å².